The molecule has 7 heteroatoms. The Hall–Kier alpha value is -4.00. The molecular weight excluding hydrogens is 390 g/mol. The average molecular weight is 415 g/mol. The fourth-order valence-electron chi connectivity index (χ4n) is 3.08. The Morgan fingerprint density at radius 2 is 1.23 bits per heavy atom. The number of benzene rings is 2. The molecule has 0 amide bonds. The zero-order chi connectivity index (χ0) is 22.4. The molecule has 3 aromatic rings. The quantitative estimate of drug-likeness (QED) is 0.427. The van der Waals surface area contributed by atoms with Gasteiger partial charge in [-0.15, -0.1) is 0 Å². The number of carbonyl (C=O) groups is 2. The summed E-state index contributed by atoms with van der Waals surface area (Å²) in [6.07, 6.45) is 0. The SMILES string of the molecule is CC(=O)/C(=N\Nc1ccccc1)c1cc(/C(=N/Nc2ccccc2)C(C)=O)n(C)c1C. The summed E-state index contributed by atoms with van der Waals surface area (Å²) in [6, 6.07) is 20.5. The van der Waals surface area contributed by atoms with Gasteiger partial charge in [-0.3, -0.25) is 20.4 Å². The van der Waals surface area contributed by atoms with Gasteiger partial charge in [-0.2, -0.15) is 10.2 Å². The predicted octanol–water partition coefficient (Wildman–Crippen LogP) is 4.14. The number of hydrogen-bond acceptors (Lipinski definition) is 6. The lowest BCUT2D eigenvalue weighted by Gasteiger charge is -2.07. The Labute approximate surface area is 181 Å². The van der Waals surface area contributed by atoms with E-state index in [2.05, 4.69) is 21.1 Å². The molecule has 2 aromatic carbocycles. The van der Waals surface area contributed by atoms with Gasteiger partial charge in [0.05, 0.1) is 17.1 Å². The molecule has 3 rings (SSSR count). The van der Waals surface area contributed by atoms with Crippen molar-refractivity contribution in [2.75, 3.05) is 10.9 Å². The van der Waals surface area contributed by atoms with Crippen LogP contribution in [0.25, 0.3) is 0 Å². The number of carbonyl (C=O) groups excluding carboxylic acids is 2. The van der Waals surface area contributed by atoms with Crippen LogP contribution in [0.15, 0.2) is 76.9 Å². The maximum absolute atomic E-state index is 12.4. The molecule has 0 fully saturated rings. The summed E-state index contributed by atoms with van der Waals surface area (Å²) < 4.78 is 1.84. The molecule has 7 nitrogen and oxygen atoms in total. The van der Waals surface area contributed by atoms with Crippen molar-refractivity contribution in [3.63, 3.8) is 0 Å². The number of hydrazone groups is 2. The molecule has 2 N–H and O–H groups in total. The second kappa shape index (κ2) is 9.67. The zero-order valence-electron chi connectivity index (χ0n) is 18.0. The van der Waals surface area contributed by atoms with Crippen molar-refractivity contribution in [1.82, 2.24) is 4.57 Å². The Bertz CT molecular complexity index is 1060. The first-order chi connectivity index (χ1) is 14.9. The number of ketones is 2. The minimum Gasteiger partial charge on any atom is -0.346 e. The Morgan fingerprint density at radius 3 is 1.68 bits per heavy atom. The summed E-state index contributed by atoms with van der Waals surface area (Å²) in [5.41, 5.74) is 9.97. The highest BCUT2D eigenvalue weighted by Crippen LogP contribution is 2.18. The van der Waals surface area contributed by atoms with Crippen molar-refractivity contribution in [3.05, 3.63) is 83.7 Å². The number of nitrogens with one attached hydrogen (secondary N) is 2. The molecule has 0 aliphatic carbocycles. The second-order valence-electron chi connectivity index (χ2n) is 7.08. The molecule has 1 heterocycles. The lowest BCUT2D eigenvalue weighted by molar-refractivity contribution is -0.111. The molecule has 1 aromatic heterocycles. The number of aromatic nitrogens is 1. The summed E-state index contributed by atoms with van der Waals surface area (Å²) >= 11 is 0. The predicted molar refractivity (Wildman–Crippen MR) is 125 cm³/mol. The fraction of sp³-hybridized carbons (Fsp3) is 0.167. The topological polar surface area (TPSA) is 87.8 Å². The van der Waals surface area contributed by atoms with Crippen molar-refractivity contribution >= 4 is 34.4 Å². The summed E-state index contributed by atoms with van der Waals surface area (Å²) in [4.78, 5) is 24.7. The maximum atomic E-state index is 12.4. The third-order valence-electron chi connectivity index (χ3n) is 4.84. The molecule has 158 valence electrons. The highest BCUT2D eigenvalue weighted by Gasteiger charge is 2.22. The molecule has 31 heavy (non-hydrogen) atoms. The van der Waals surface area contributed by atoms with E-state index in [1.54, 1.807) is 6.07 Å². The standard InChI is InChI=1S/C24H25N5O2/c1-16-21(23(17(2)30)27-25-19-11-7-5-8-12-19)15-22(29(16)4)24(18(3)31)28-26-20-13-9-6-10-14-20/h5-15,25-26H,1-4H3/b27-23+,28-24+. The molecule has 0 bridgehead atoms. The third-order valence-corrected chi connectivity index (χ3v) is 4.84. The number of nitrogens with zero attached hydrogens (tertiary/aromatic N) is 3. The highest BCUT2D eigenvalue weighted by molar-refractivity contribution is 6.48. The monoisotopic (exact) mass is 415 g/mol. The summed E-state index contributed by atoms with van der Waals surface area (Å²) in [6.45, 7) is 4.81. The van der Waals surface area contributed by atoms with Crippen LogP contribution in [-0.4, -0.2) is 27.6 Å². The van der Waals surface area contributed by atoms with E-state index in [9.17, 15) is 9.59 Å². The van der Waals surface area contributed by atoms with Crippen molar-refractivity contribution in [3.8, 4) is 0 Å². The molecule has 0 unspecified atom stereocenters. The average Bonchev–Trinajstić information content (AvgIpc) is 3.04. The van der Waals surface area contributed by atoms with Crippen LogP contribution < -0.4 is 10.9 Å². The first-order valence-corrected chi connectivity index (χ1v) is 9.85. The van der Waals surface area contributed by atoms with Crippen LogP contribution in [0.3, 0.4) is 0 Å². The van der Waals surface area contributed by atoms with Crippen LogP contribution in [0.4, 0.5) is 11.4 Å². The van der Waals surface area contributed by atoms with Gasteiger partial charge in [-0.25, -0.2) is 0 Å². The molecule has 0 spiro atoms. The first kappa shape index (κ1) is 21.7. The van der Waals surface area contributed by atoms with Crippen LogP contribution in [0, 0.1) is 6.92 Å². The number of Topliss-reactive ketones (excluding diaryl/α,β-unsaturated/α-hetero) is 2. The van der Waals surface area contributed by atoms with Crippen LogP contribution in [0.2, 0.25) is 0 Å². The minimum absolute atomic E-state index is 0.188. The largest absolute Gasteiger partial charge is 0.346 e. The van der Waals surface area contributed by atoms with Gasteiger partial charge in [0.1, 0.15) is 11.4 Å². The van der Waals surface area contributed by atoms with E-state index in [4.69, 9.17) is 0 Å². The lowest BCUT2D eigenvalue weighted by atomic mass is 10.1. The summed E-state index contributed by atoms with van der Waals surface area (Å²) in [5.74, 6) is -0.383. The molecular formula is C24H25N5O2. The summed E-state index contributed by atoms with van der Waals surface area (Å²) in [7, 11) is 1.83. The molecule has 0 saturated carbocycles. The van der Waals surface area contributed by atoms with E-state index in [1.165, 1.54) is 13.8 Å². The Morgan fingerprint density at radius 1 is 0.774 bits per heavy atom. The van der Waals surface area contributed by atoms with Crippen LogP contribution in [0.1, 0.15) is 30.8 Å². The van der Waals surface area contributed by atoms with Gasteiger partial charge in [0.2, 0.25) is 0 Å². The Kier molecular flexibility index (Phi) is 6.77. The van der Waals surface area contributed by atoms with Gasteiger partial charge in [0, 0.05) is 32.2 Å². The van der Waals surface area contributed by atoms with Crippen LogP contribution in [0.5, 0.6) is 0 Å². The zero-order valence-corrected chi connectivity index (χ0v) is 18.0. The second-order valence-corrected chi connectivity index (χ2v) is 7.08. The summed E-state index contributed by atoms with van der Waals surface area (Å²) in [5, 5.41) is 8.67. The first-order valence-electron chi connectivity index (χ1n) is 9.85. The lowest BCUT2D eigenvalue weighted by Crippen LogP contribution is -2.17. The van der Waals surface area contributed by atoms with Gasteiger partial charge in [-0.05, 0) is 37.3 Å². The van der Waals surface area contributed by atoms with Gasteiger partial charge in [-0.1, -0.05) is 36.4 Å². The number of anilines is 2. The van der Waals surface area contributed by atoms with Crippen LogP contribution in [-0.2, 0) is 16.6 Å². The van der Waals surface area contributed by atoms with Gasteiger partial charge < -0.3 is 4.57 Å². The van der Waals surface area contributed by atoms with Gasteiger partial charge >= 0.3 is 0 Å². The van der Waals surface area contributed by atoms with E-state index < -0.39 is 0 Å². The molecule has 0 atom stereocenters. The highest BCUT2D eigenvalue weighted by atomic mass is 16.1. The van der Waals surface area contributed by atoms with E-state index in [1.807, 2.05) is 79.2 Å². The van der Waals surface area contributed by atoms with E-state index in [0.29, 0.717) is 11.3 Å². The van der Waals surface area contributed by atoms with E-state index >= 15 is 0 Å². The number of hydrogen-bond donors (Lipinski definition) is 2. The normalized spacial score (nSPS) is 11.9. The molecule has 0 aliphatic rings. The van der Waals surface area contributed by atoms with Crippen molar-refractivity contribution < 1.29 is 9.59 Å². The van der Waals surface area contributed by atoms with Gasteiger partial charge in [0.25, 0.3) is 0 Å². The van der Waals surface area contributed by atoms with E-state index in [-0.39, 0.29) is 23.0 Å². The molecule has 0 radical (unpaired) electrons. The minimum atomic E-state index is -0.195. The smallest absolute Gasteiger partial charge is 0.182 e. The van der Waals surface area contributed by atoms with Gasteiger partial charge in [0.15, 0.2) is 11.6 Å². The maximum Gasteiger partial charge on any atom is 0.182 e. The molecule has 0 saturated heterocycles. The third kappa shape index (κ3) is 5.14. The van der Waals surface area contributed by atoms with Crippen molar-refractivity contribution in [1.29, 1.82) is 0 Å². The molecule has 0 aliphatic heterocycles. The Balaban J connectivity index is 1.99. The van der Waals surface area contributed by atoms with Crippen molar-refractivity contribution in [2.24, 2.45) is 17.3 Å². The van der Waals surface area contributed by atoms with Crippen molar-refractivity contribution in [2.45, 2.75) is 20.8 Å². The fourth-order valence-corrected chi connectivity index (χ4v) is 3.08. The van der Waals surface area contributed by atoms with Crippen LogP contribution >= 0.6 is 0 Å². The van der Waals surface area contributed by atoms with E-state index in [0.717, 1.165) is 17.1 Å². The number of para-hydroxylation sites is 2. The number of rotatable bonds is 8.